The van der Waals surface area contributed by atoms with E-state index in [1.165, 1.54) is 0 Å². The Balaban J connectivity index is 2.05. The number of carbonyl (C=O) groups excluding carboxylic acids is 1. The topological polar surface area (TPSA) is 49.8 Å². The van der Waals surface area contributed by atoms with Crippen LogP contribution >= 0.6 is 0 Å². The van der Waals surface area contributed by atoms with Gasteiger partial charge in [0.2, 0.25) is 5.91 Å². The molecule has 0 bridgehead atoms. The smallest absolute Gasteiger partial charge is 0.234 e. The minimum absolute atomic E-state index is 0.0177. The zero-order chi connectivity index (χ0) is 16.2. The van der Waals surface area contributed by atoms with Gasteiger partial charge in [-0.05, 0) is 18.6 Å². The average Bonchev–Trinajstić information content (AvgIpc) is 2.59. The van der Waals surface area contributed by atoms with Crippen molar-refractivity contribution in [1.82, 2.24) is 4.90 Å². The quantitative estimate of drug-likeness (QED) is 0.923. The molecule has 0 aliphatic carbocycles. The van der Waals surface area contributed by atoms with E-state index in [1.807, 2.05) is 55.5 Å². The molecule has 0 aromatic heterocycles. The van der Waals surface area contributed by atoms with Gasteiger partial charge in [0.1, 0.15) is 11.5 Å². The van der Waals surface area contributed by atoms with Crippen LogP contribution in [0.4, 0.5) is 0 Å². The van der Waals surface area contributed by atoms with E-state index in [4.69, 9.17) is 4.74 Å². The maximum Gasteiger partial charge on any atom is 0.234 e. The number of fused-ring (bicyclic) bond motifs is 2. The first-order valence-electron chi connectivity index (χ1n) is 8.01. The average molecular weight is 311 g/mol. The predicted octanol–water partition coefficient (Wildman–Crippen LogP) is 3.16. The van der Waals surface area contributed by atoms with Crippen molar-refractivity contribution in [2.75, 3.05) is 19.7 Å². The van der Waals surface area contributed by atoms with E-state index in [2.05, 4.69) is 0 Å². The largest absolute Gasteiger partial charge is 0.457 e. The van der Waals surface area contributed by atoms with Gasteiger partial charge in [-0.15, -0.1) is 0 Å². The van der Waals surface area contributed by atoms with Gasteiger partial charge in [-0.3, -0.25) is 4.79 Å². The van der Waals surface area contributed by atoms with Crippen LogP contribution in [0, 0.1) is 0 Å². The van der Waals surface area contributed by atoms with Crippen LogP contribution in [0.3, 0.4) is 0 Å². The van der Waals surface area contributed by atoms with Gasteiger partial charge >= 0.3 is 0 Å². The summed E-state index contributed by atoms with van der Waals surface area (Å²) in [7, 11) is 0. The molecule has 3 rings (SSSR count). The zero-order valence-corrected chi connectivity index (χ0v) is 13.2. The number of ether oxygens (including phenoxy) is 1. The van der Waals surface area contributed by atoms with Crippen molar-refractivity contribution in [3.8, 4) is 11.5 Å². The van der Waals surface area contributed by atoms with Crippen LogP contribution in [-0.4, -0.2) is 35.6 Å². The summed E-state index contributed by atoms with van der Waals surface area (Å²) in [5, 5.41) is 9.28. The molecule has 2 aromatic rings. The van der Waals surface area contributed by atoms with E-state index in [0.29, 0.717) is 13.1 Å². The van der Waals surface area contributed by atoms with Crippen LogP contribution < -0.4 is 4.74 Å². The molecule has 0 atom stereocenters. The van der Waals surface area contributed by atoms with E-state index in [-0.39, 0.29) is 18.4 Å². The molecule has 0 unspecified atom stereocenters. The molecule has 1 heterocycles. The molecule has 2 aromatic carbocycles. The molecular weight excluding hydrogens is 290 g/mol. The third-order valence-corrected chi connectivity index (χ3v) is 4.10. The highest BCUT2D eigenvalue weighted by Gasteiger charge is 2.34. The summed E-state index contributed by atoms with van der Waals surface area (Å²) in [6, 6.07) is 15.3. The first-order chi connectivity index (χ1) is 11.3. The highest BCUT2D eigenvalue weighted by molar-refractivity contribution is 5.89. The molecule has 1 aliphatic rings. The summed E-state index contributed by atoms with van der Waals surface area (Å²) >= 11 is 0. The van der Waals surface area contributed by atoms with Crippen LogP contribution in [0.1, 0.15) is 30.4 Å². The molecular formula is C19H21NO3. The highest BCUT2D eigenvalue weighted by Crippen LogP contribution is 2.44. The molecule has 1 aliphatic heterocycles. The third kappa shape index (κ3) is 2.94. The van der Waals surface area contributed by atoms with Gasteiger partial charge in [0.15, 0.2) is 0 Å². The van der Waals surface area contributed by atoms with Gasteiger partial charge in [0.25, 0.3) is 0 Å². The SMILES string of the molecule is CCCN(CCO)C(=O)C1c2ccccc2Oc2ccccc21. The van der Waals surface area contributed by atoms with Crippen molar-refractivity contribution in [2.24, 2.45) is 0 Å². The summed E-state index contributed by atoms with van der Waals surface area (Å²) < 4.78 is 5.94. The van der Waals surface area contributed by atoms with Crippen molar-refractivity contribution < 1.29 is 14.6 Å². The number of hydrogen-bond acceptors (Lipinski definition) is 3. The lowest BCUT2D eigenvalue weighted by Crippen LogP contribution is -2.38. The Hall–Kier alpha value is -2.33. The van der Waals surface area contributed by atoms with Gasteiger partial charge in [0.05, 0.1) is 12.5 Å². The Morgan fingerprint density at radius 1 is 1.04 bits per heavy atom. The van der Waals surface area contributed by atoms with E-state index in [0.717, 1.165) is 29.0 Å². The molecule has 1 N–H and O–H groups in total. The molecule has 0 radical (unpaired) electrons. The molecule has 0 saturated carbocycles. The van der Waals surface area contributed by atoms with E-state index in [9.17, 15) is 9.90 Å². The van der Waals surface area contributed by atoms with Crippen LogP contribution in [-0.2, 0) is 4.79 Å². The number of aliphatic hydroxyl groups excluding tert-OH is 1. The monoisotopic (exact) mass is 311 g/mol. The maximum atomic E-state index is 13.2. The molecule has 1 amide bonds. The fraction of sp³-hybridized carbons (Fsp3) is 0.316. The summed E-state index contributed by atoms with van der Waals surface area (Å²) in [5.41, 5.74) is 1.77. The number of aliphatic hydroxyl groups is 1. The lowest BCUT2D eigenvalue weighted by molar-refractivity contribution is -0.132. The Morgan fingerprint density at radius 3 is 2.13 bits per heavy atom. The Bertz CT molecular complexity index is 647. The number of rotatable bonds is 5. The van der Waals surface area contributed by atoms with Crippen molar-refractivity contribution >= 4 is 5.91 Å². The number of amides is 1. The number of para-hydroxylation sites is 2. The lowest BCUT2D eigenvalue weighted by Gasteiger charge is -2.31. The second-order valence-corrected chi connectivity index (χ2v) is 5.66. The van der Waals surface area contributed by atoms with Gasteiger partial charge < -0.3 is 14.7 Å². The first-order valence-corrected chi connectivity index (χ1v) is 8.01. The second-order valence-electron chi connectivity index (χ2n) is 5.66. The predicted molar refractivity (Wildman–Crippen MR) is 88.8 cm³/mol. The number of benzene rings is 2. The van der Waals surface area contributed by atoms with E-state index < -0.39 is 0 Å². The van der Waals surface area contributed by atoms with Crippen molar-refractivity contribution in [2.45, 2.75) is 19.3 Å². The fourth-order valence-electron chi connectivity index (χ4n) is 3.08. The summed E-state index contributed by atoms with van der Waals surface area (Å²) in [4.78, 5) is 14.9. The molecule has 4 nitrogen and oxygen atoms in total. The maximum absolute atomic E-state index is 13.2. The third-order valence-electron chi connectivity index (χ3n) is 4.10. The second kappa shape index (κ2) is 6.84. The first kappa shape index (κ1) is 15.6. The van der Waals surface area contributed by atoms with Crippen LogP contribution in [0.15, 0.2) is 48.5 Å². The van der Waals surface area contributed by atoms with Gasteiger partial charge in [-0.25, -0.2) is 0 Å². The van der Waals surface area contributed by atoms with Gasteiger partial charge in [0, 0.05) is 24.2 Å². The normalized spacial score (nSPS) is 13.0. The van der Waals surface area contributed by atoms with Crippen molar-refractivity contribution in [3.05, 3.63) is 59.7 Å². The zero-order valence-electron chi connectivity index (χ0n) is 13.2. The Kier molecular flexibility index (Phi) is 4.63. The minimum atomic E-state index is -0.380. The standard InChI is InChI=1S/C19H21NO3/c1-2-11-20(12-13-21)19(22)18-14-7-3-5-9-16(14)23-17-10-6-4-8-15(17)18/h3-10,18,21H,2,11-13H2,1H3. The number of nitrogens with zero attached hydrogens (tertiary/aromatic N) is 1. The van der Waals surface area contributed by atoms with Crippen LogP contribution in [0.2, 0.25) is 0 Å². The minimum Gasteiger partial charge on any atom is -0.457 e. The van der Waals surface area contributed by atoms with Crippen molar-refractivity contribution in [3.63, 3.8) is 0 Å². The Labute approximate surface area is 136 Å². The number of carbonyl (C=O) groups is 1. The molecule has 23 heavy (non-hydrogen) atoms. The molecule has 0 spiro atoms. The van der Waals surface area contributed by atoms with Gasteiger partial charge in [-0.1, -0.05) is 43.3 Å². The fourth-order valence-corrected chi connectivity index (χ4v) is 3.08. The Morgan fingerprint density at radius 2 is 1.61 bits per heavy atom. The summed E-state index contributed by atoms with van der Waals surface area (Å²) in [6.07, 6.45) is 0.859. The van der Waals surface area contributed by atoms with Crippen molar-refractivity contribution in [1.29, 1.82) is 0 Å². The number of hydrogen-bond donors (Lipinski definition) is 1. The molecule has 0 fully saturated rings. The van der Waals surface area contributed by atoms with Gasteiger partial charge in [-0.2, -0.15) is 0 Å². The molecule has 120 valence electrons. The summed E-state index contributed by atoms with van der Waals surface area (Å²) in [5.74, 6) is 1.09. The van der Waals surface area contributed by atoms with Crippen LogP contribution in [0.5, 0.6) is 11.5 Å². The summed E-state index contributed by atoms with van der Waals surface area (Å²) in [6.45, 7) is 3.00. The van der Waals surface area contributed by atoms with E-state index in [1.54, 1.807) is 4.90 Å². The molecule has 4 heteroatoms. The van der Waals surface area contributed by atoms with E-state index >= 15 is 0 Å². The molecule has 0 saturated heterocycles. The highest BCUT2D eigenvalue weighted by atomic mass is 16.5. The lowest BCUT2D eigenvalue weighted by atomic mass is 9.86. The van der Waals surface area contributed by atoms with Crippen LogP contribution in [0.25, 0.3) is 0 Å².